The molecule has 0 fully saturated rings. The molecule has 0 saturated carbocycles. The van der Waals surface area contributed by atoms with Crippen LogP contribution in [0.4, 0.5) is 0 Å². The van der Waals surface area contributed by atoms with Crippen LogP contribution in [0.1, 0.15) is 29.1 Å². The molecule has 0 unspecified atom stereocenters. The van der Waals surface area contributed by atoms with E-state index in [4.69, 9.17) is 0 Å². The van der Waals surface area contributed by atoms with Gasteiger partial charge in [-0.1, -0.05) is 0 Å². The van der Waals surface area contributed by atoms with E-state index >= 15 is 0 Å². The summed E-state index contributed by atoms with van der Waals surface area (Å²) in [6, 6.07) is 2.01. The Hall–Kier alpha value is -2.11. The largest absolute Gasteiger partial charge is 0.352 e. The monoisotopic (exact) mass is 261 g/mol. The van der Waals surface area contributed by atoms with Crippen molar-refractivity contribution in [2.24, 2.45) is 0 Å². The zero-order valence-electron chi connectivity index (χ0n) is 11.5. The van der Waals surface area contributed by atoms with E-state index in [-0.39, 0.29) is 5.91 Å². The molecule has 2 heterocycles. The van der Waals surface area contributed by atoms with Gasteiger partial charge >= 0.3 is 0 Å². The van der Waals surface area contributed by atoms with E-state index in [0.717, 1.165) is 22.6 Å². The second-order valence-electron chi connectivity index (χ2n) is 4.70. The zero-order valence-corrected chi connectivity index (χ0v) is 11.5. The molecule has 6 heteroatoms. The molecule has 0 aliphatic carbocycles. The minimum Gasteiger partial charge on any atom is -0.352 e. The van der Waals surface area contributed by atoms with E-state index in [1.54, 1.807) is 6.20 Å². The summed E-state index contributed by atoms with van der Waals surface area (Å²) in [5.74, 6) is 0.0214. The van der Waals surface area contributed by atoms with Crippen LogP contribution in [0.2, 0.25) is 0 Å². The summed E-state index contributed by atoms with van der Waals surface area (Å²) in [4.78, 5) is 11.8. The number of amides is 1. The third kappa shape index (κ3) is 3.43. The molecule has 6 nitrogen and oxygen atoms in total. The van der Waals surface area contributed by atoms with Crippen LogP contribution < -0.4 is 5.32 Å². The molecule has 2 aromatic rings. The Morgan fingerprint density at radius 2 is 2.21 bits per heavy atom. The molecule has 19 heavy (non-hydrogen) atoms. The number of aryl methyl sites for hydroxylation is 4. The molecule has 0 aliphatic rings. The molecular weight excluding hydrogens is 242 g/mol. The number of nitrogens with one attached hydrogen (secondary N) is 2. The van der Waals surface area contributed by atoms with Gasteiger partial charge in [-0.2, -0.15) is 10.2 Å². The smallest absolute Gasteiger partial charge is 0.222 e. The van der Waals surface area contributed by atoms with Crippen molar-refractivity contribution in [1.29, 1.82) is 0 Å². The van der Waals surface area contributed by atoms with Crippen LogP contribution in [0.15, 0.2) is 12.3 Å². The number of hydrogen-bond acceptors (Lipinski definition) is 3. The van der Waals surface area contributed by atoms with Crippen LogP contribution >= 0.6 is 0 Å². The lowest BCUT2D eigenvalue weighted by atomic mass is 10.2. The first kappa shape index (κ1) is 13.3. The van der Waals surface area contributed by atoms with E-state index < -0.39 is 0 Å². The number of hydrogen-bond donors (Lipinski definition) is 2. The second kappa shape index (κ2) is 5.69. The van der Waals surface area contributed by atoms with Gasteiger partial charge in [0.1, 0.15) is 0 Å². The molecule has 0 radical (unpaired) electrons. The van der Waals surface area contributed by atoms with Crippen LogP contribution in [-0.4, -0.2) is 25.9 Å². The Balaban J connectivity index is 1.79. The third-order valence-electron chi connectivity index (χ3n) is 3.06. The summed E-state index contributed by atoms with van der Waals surface area (Å²) < 4.78 is 1.86. The van der Waals surface area contributed by atoms with Crippen molar-refractivity contribution in [2.75, 3.05) is 0 Å². The van der Waals surface area contributed by atoms with Crippen molar-refractivity contribution in [2.45, 2.75) is 40.3 Å². The minimum absolute atomic E-state index is 0.0214. The van der Waals surface area contributed by atoms with Crippen LogP contribution in [0.3, 0.4) is 0 Å². The van der Waals surface area contributed by atoms with Gasteiger partial charge in [-0.3, -0.25) is 14.6 Å². The third-order valence-corrected chi connectivity index (χ3v) is 3.06. The van der Waals surface area contributed by atoms with E-state index in [0.29, 0.717) is 19.5 Å². The van der Waals surface area contributed by atoms with Gasteiger partial charge in [0.25, 0.3) is 0 Å². The molecule has 2 N–H and O–H groups in total. The van der Waals surface area contributed by atoms with Gasteiger partial charge in [0, 0.05) is 36.5 Å². The van der Waals surface area contributed by atoms with E-state index in [9.17, 15) is 4.79 Å². The van der Waals surface area contributed by atoms with Crippen LogP contribution in [-0.2, 0) is 17.9 Å². The van der Waals surface area contributed by atoms with Crippen molar-refractivity contribution in [1.82, 2.24) is 25.3 Å². The lowest BCUT2D eigenvalue weighted by Gasteiger charge is -2.06. The van der Waals surface area contributed by atoms with E-state index in [1.807, 2.05) is 31.5 Å². The fourth-order valence-corrected chi connectivity index (χ4v) is 1.94. The first-order valence-electron chi connectivity index (χ1n) is 6.33. The molecule has 2 rings (SSSR count). The molecule has 0 aromatic carbocycles. The Labute approximate surface area is 112 Å². The Bertz CT molecular complexity index is 569. The van der Waals surface area contributed by atoms with Crippen LogP contribution in [0.25, 0.3) is 0 Å². The fraction of sp³-hybridized carbons (Fsp3) is 0.462. The Morgan fingerprint density at radius 1 is 1.42 bits per heavy atom. The van der Waals surface area contributed by atoms with Gasteiger partial charge in [0.2, 0.25) is 5.91 Å². The zero-order chi connectivity index (χ0) is 13.8. The fourth-order valence-electron chi connectivity index (χ4n) is 1.94. The molecule has 0 bridgehead atoms. The summed E-state index contributed by atoms with van der Waals surface area (Å²) in [7, 11) is 0. The maximum atomic E-state index is 11.8. The topological polar surface area (TPSA) is 75.6 Å². The molecule has 102 valence electrons. The van der Waals surface area contributed by atoms with E-state index in [1.165, 1.54) is 0 Å². The number of H-pyrrole nitrogens is 1. The number of nitrogens with zero attached hydrogens (tertiary/aromatic N) is 3. The second-order valence-corrected chi connectivity index (χ2v) is 4.70. The first-order valence-corrected chi connectivity index (χ1v) is 6.33. The highest BCUT2D eigenvalue weighted by molar-refractivity contribution is 5.75. The average molecular weight is 261 g/mol. The maximum absolute atomic E-state index is 11.8. The standard InChI is InChI=1S/C13H19N5O/c1-9-6-10(2)18(17-9)5-4-13(19)14-7-12-8-15-16-11(12)3/h6,8H,4-5,7H2,1-3H3,(H,14,19)(H,15,16). The SMILES string of the molecule is Cc1cc(C)n(CCC(=O)NCc2cn[nH]c2C)n1. The predicted molar refractivity (Wildman–Crippen MR) is 71.5 cm³/mol. The van der Waals surface area contributed by atoms with Gasteiger partial charge in [-0.25, -0.2) is 0 Å². The highest BCUT2D eigenvalue weighted by Crippen LogP contribution is 2.04. The van der Waals surface area contributed by atoms with Crippen molar-refractivity contribution in [3.63, 3.8) is 0 Å². The molecule has 0 atom stereocenters. The molecular formula is C13H19N5O. The lowest BCUT2D eigenvalue weighted by Crippen LogP contribution is -2.24. The molecule has 0 aliphatic heterocycles. The van der Waals surface area contributed by atoms with Crippen molar-refractivity contribution < 1.29 is 4.79 Å². The molecule has 0 spiro atoms. The molecule has 0 saturated heterocycles. The number of aromatic nitrogens is 4. The quantitative estimate of drug-likeness (QED) is 0.850. The highest BCUT2D eigenvalue weighted by atomic mass is 16.1. The maximum Gasteiger partial charge on any atom is 0.222 e. The summed E-state index contributed by atoms with van der Waals surface area (Å²) in [5.41, 5.74) is 4.06. The highest BCUT2D eigenvalue weighted by Gasteiger charge is 2.06. The van der Waals surface area contributed by atoms with Gasteiger partial charge in [-0.05, 0) is 26.8 Å². The Morgan fingerprint density at radius 3 is 2.79 bits per heavy atom. The number of rotatable bonds is 5. The summed E-state index contributed by atoms with van der Waals surface area (Å²) in [6.45, 7) is 7.00. The number of carbonyl (C=O) groups excluding carboxylic acids is 1. The average Bonchev–Trinajstić information content (AvgIpc) is 2.90. The van der Waals surface area contributed by atoms with Crippen LogP contribution in [0.5, 0.6) is 0 Å². The molecule has 1 amide bonds. The number of carbonyl (C=O) groups is 1. The minimum atomic E-state index is 0.0214. The first-order chi connectivity index (χ1) is 9.06. The van der Waals surface area contributed by atoms with Crippen molar-refractivity contribution in [3.8, 4) is 0 Å². The van der Waals surface area contributed by atoms with Crippen LogP contribution in [0, 0.1) is 20.8 Å². The predicted octanol–water partition coefficient (Wildman–Crippen LogP) is 1.24. The van der Waals surface area contributed by atoms with Gasteiger partial charge < -0.3 is 5.32 Å². The van der Waals surface area contributed by atoms with Crippen molar-refractivity contribution >= 4 is 5.91 Å². The van der Waals surface area contributed by atoms with Gasteiger partial charge in [0.15, 0.2) is 0 Å². The van der Waals surface area contributed by atoms with E-state index in [2.05, 4.69) is 20.6 Å². The normalized spacial score (nSPS) is 10.7. The van der Waals surface area contributed by atoms with Gasteiger partial charge in [0.05, 0.1) is 11.9 Å². The molecule has 2 aromatic heterocycles. The Kier molecular flexibility index (Phi) is 3.99. The summed E-state index contributed by atoms with van der Waals surface area (Å²) in [6.07, 6.45) is 2.16. The number of aromatic amines is 1. The lowest BCUT2D eigenvalue weighted by molar-refractivity contribution is -0.121. The summed E-state index contributed by atoms with van der Waals surface area (Å²) in [5, 5.41) is 14.0. The van der Waals surface area contributed by atoms with Crippen molar-refractivity contribution in [3.05, 3.63) is 34.9 Å². The summed E-state index contributed by atoms with van der Waals surface area (Å²) >= 11 is 0. The van der Waals surface area contributed by atoms with Gasteiger partial charge in [-0.15, -0.1) is 0 Å².